The molecule has 0 atom stereocenters. The third kappa shape index (κ3) is 6.04. The Morgan fingerprint density at radius 2 is 2.00 bits per heavy atom. The molecule has 0 fully saturated rings. The number of rotatable bonds is 9. The van der Waals surface area contributed by atoms with E-state index in [1.54, 1.807) is 7.05 Å². The third-order valence-electron chi connectivity index (χ3n) is 3.02. The predicted molar refractivity (Wildman–Crippen MR) is 80.6 cm³/mol. The highest BCUT2D eigenvalue weighted by Crippen LogP contribution is 2.11. The van der Waals surface area contributed by atoms with Gasteiger partial charge in [0.25, 0.3) is 0 Å². The van der Waals surface area contributed by atoms with E-state index in [2.05, 4.69) is 17.1 Å². The summed E-state index contributed by atoms with van der Waals surface area (Å²) in [5, 5.41) is 2.64. The molecular formula is C15H25N3O2. The maximum atomic E-state index is 11.4. The third-order valence-corrected chi connectivity index (χ3v) is 3.02. The van der Waals surface area contributed by atoms with E-state index in [4.69, 9.17) is 10.5 Å². The van der Waals surface area contributed by atoms with E-state index in [1.807, 2.05) is 24.3 Å². The molecule has 0 saturated carbocycles. The normalized spacial score (nSPS) is 10.6. The average molecular weight is 279 g/mol. The summed E-state index contributed by atoms with van der Waals surface area (Å²) >= 11 is 0. The molecule has 0 aliphatic rings. The second-order valence-corrected chi connectivity index (χ2v) is 4.65. The van der Waals surface area contributed by atoms with E-state index >= 15 is 0 Å². The quantitative estimate of drug-likeness (QED) is 0.707. The van der Waals surface area contributed by atoms with Gasteiger partial charge in [-0.3, -0.25) is 9.69 Å². The van der Waals surface area contributed by atoms with Crippen LogP contribution in [0.5, 0.6) is 5.75 Å². The molecule has 0 unspecified atom stereocenters. The van der Waals surface area contributed by atoms with Crippen molar-refractivity contribution in [1.82, 2.24) is 10.2 Å². The van der Waals surface area contributed by atoms with Crippen LogP contribution in [-0.2, 0) is 11.3 Å². The van der Waals surface area contributed by atoms with Crippen LogP contribution >= 0.6 is 0 Å². The van der Waals surface area contributed by atoms with E-state index in [0.717, 1.165) is 30.8 Å². The molecule has 20 heavy (non-hydrogen) atoms. The van der Waals surface area contributed by atoms with Crippen molar-refractivity contribution in [2.45, 2.75) is 19.9 Å². The molecule has 3 N–H and O–H groups in total. The van der Waals surface area contributed by atoms with Crippen molar-refractivity contribution in [3.8, 4) is 5.75 Å². The van der Waals surface area contributed by atoms with Crippen LogP contribution < -0.4 is 15.8 Å². The van der Waals surface area contributed by atoms with Crippen LogP contribution in [0.2, 0.25) is 0 Å². The summed E-state index contributed by atoms with van der Waals surface area (Å²) in [7, 11) is 1.65. The van der Waals surface area contributed by atoms with Gasteiger partial charge in [0, 0.05) is 20.1 Å². The number of amides is 1. The van der Waals surface area contributed by atoms with Crippen LogP contribution in [0.1, 0.15) is 18.9 Å². The first-order valence-corrected chi connectivity index (χ1v) is 7.04. The van der Waals surface area contributed by atoms with Crippen LogP contribution in [0.3, 0.4) is 0 Å². The largest absolute Gasteiger partial charge is 0.492 e. The molecule has 112 valence electrons. The lowest BCUT2D eigenvalue weighted by Gasteiger charge is -2.20. The predicted octanol–water partition coefficient (Wildman–Crippen LogP) is 0.982. The Balaban J connectivity index is 2.36. The zero-order chi connectivity index (χ0) is 14.8. The van der Waals surface area contributed by atoms with E-state index in [-0.39, 0.29) is 5.91 Å². The fraction of sp³-hybridized carbons (Fsp3) is 0.533. The minimum absolute atomic E-state index is 0.0331. The van der Waals surface area contributed by atoms with Crippen molar-refractivity contribution >= 4 is 5.91 Å². The van der Waals surface area contributed by atoms with Crippen LogP contribution in [0.15, 0.2) is 24.3 Å². The van der Waals surface area contributed by atoms with Crippen molar-refractivity contribution in [2.75, 3.05) is 33.3 Å². The summed E-state index contributed by atoms with van der Waals surface area (Å²) < 4.78 is 5.68. The number of likely N-dealkylation sites (N-methyl/N-ethyl adjacent to an activating group) is 1. The Bertz CT molecular complexity index is 393. The first-order valence-electron chi connectivity index (χ1n) is 7.04. The molecule has 0 spiro atoms. The van der Waals surface area contributed by atoms with Gasteiger partial charge in [-0.05, 0) is 30.7 Å². The highest BCUT2D eigenvalue weighted by atomic mass is 16.5. The Hall–Kier alpha value is -1.59. The number of nitrogens with two attached hydrogens (primary N) is 1. The van der Waals surface area contributed by atoms with Crippen molar-refractivity contribution in [3.63, 3.8) is 0 Å². The zero-order valence-electron chi connectivity index (χ0n) is 12.4. The van der Waals surface area contributed by atoms with Crippen molar-refractivity contribution < 1.29 is 9.53 Å². The van der Waals surface area contributed by atoms with Crippen LogP contribution in [0, 0.1) is 0 Å². The van der Waals surface area contributed by atoms with Gasteiger partial charge in [-0.2, -0.15) is 0 Å². The molecule has 0 aliphatic heterocycles. The van der Waals surface area contributed by atoms with Crippen LogP contribution in [-0.4, -0.2) is 44.1 Å². The van der Waals surface area contributed by atoms with Crippen LogP contribution in [0.25, 0.3) is 0 Å². The molecule has 1 rings (SSSR count). The number of carbonyl (C=O) groups excluding carboxylic acids is 1. The van der Waals surface area contributed by atoms with E-state index in [1.165, 1.54) is 0 Å². The number of ether oxygens (including phenoxy) is 1. The first-order chi connectivity index (χ1) is 9.69. The maximum Gasteiger partial charge on any atom is 0.233 e. The van der Waals surface area contributed by atoms with E-state index in [0.29, 0.717) is 19.7 Å². The first kappa shape index (κ1) is 16.5. The molecule has 1 aromatic rings. The molecule has 0 heterocycles. The number of nitrogens with zero attached hydrogens (tertiary/aromatic N) is 1. The molecule has 0 saturated heterocycles. The molecular weight excluding hydrogens is 254 g/mol. The second kappa shape index (κ2) is 9.34. The molecule has 0 aliphatic carbocycles. The van der Waals surface area contributed by atoms with Gasteiger partial charge in [0.15, 0.2) is 0 Å². The summed E-state index contributed by atoms with van der Waals surface area (Å²) in [6.07, 6.45) is 1.02. The van der Waals surface area contributed by atoms with Gasteiger partial charge in [-0.25, -0.2) is 0 Å². The fourth-order valence-corrected chi connectivity index (χ4v) is 1.88. The lowest BCUT2D eigenvalue weighted by molar-refractivity contribution is -0.121. The van der Waals surface area contributed by atoms with Crippen molar-refractivity contribution in [3.05, 3.63) is 29.8 Å². The summed E-state index contributed by atoms with van der Waals surface area (Å²) in [4.78, 5) is 13.5. The van der Waals surface area contributed by atoms with Gasteiger partial charge in [0.1, 0.15) is 12.4 Å². The zero-order valence-corrected chi connectivity index (χ0v) is 12.4. The number of benzene rings is 1. The van der Waals surface area contributed by atoms with Gasteiger partial charge in [-0.15, -0.1) is 0 Å². The highest BCUT2D eigenvalue weighted by molar-refractivity contribution is 5.77. The number of hydrogen-bond donors (Lipinski definition) is 2. The summed E-state index contributed by atoms with van der Waals surface area (Å²) in [6, 6.07) is 7.77. The Labute approximate surface area is 121 Å². The standard InChI is InChI=1S/C15H25N3O2/c1-3-8-18(12-15(19)17-2)9-10-20-14-6-4-13(11-16)5-7-14/h4-7H,3,8-12,16H2,1-2H3,(H,17,19). The Morgan fingerprint density at radius 3 is 2.55 bits per heavy atom. The number of carbonyl (C=O) groups is 1. The van der Waals surface area contributed by atoms with Gasteiger partial charge >= 0.3 is 0 Å². The molecule has 0 bridgehead atoms. The summed E-state index contributed by atoms with van der Waals surface area (Å²) in [5.74, 6) is 0.865. The van der Waals surface area contributed by atoms with Crippen molar-refractivity contribution in [1.29, 1.82) is 0 Å². The SMILES string of the molecule is CCCN(CCOc1ccc(CN)cc1)CC(=O)NC. The molecule has 1 aromatic carbocycles. The van der Waals surface area contributed by atoms with E-state index < -0.39 is 0 Å². The highest BCUT2D eigenvalue weighted by Gasteiger charge is 2.08. The Kier molecular flexibility index (Phi) is 7.69. The van der Waals surface area contributed by atoms with Gasteiger partial charge < -0.3 is 15.8 Å². The minimum Gasteiger partial charge on any atom is -0.492 e. The molecule has 1 amide bonds. The van der Waals surface area contributed by atoms with Gasteiger partial charge in [0.2, 0.25) is 5.91 Å². The van der Waals surface area contributed by atoms with Crippen LogP contribution in [0.4, 0.5) is 0 Å². The fourth-order valence-electron chi connectivity index (χ4n) is 1.88. The molecule has 0 radical (unpaired) electrons. The molecule has 0 aromatic heterocycles. The number of nitrogens with one attached hydrogen (secondary N) is 1. The van der Waals surface area contributed by atoms with Gasteiger partial charge in [-0.1, -0.05) is 19.1 Å². The monoisotopic (exact) mass is 279 g/mol. The lowest BCUT2D eigenvalue weighted by atomic mass is 10.2. The topological polar surface area (TPSA) is 67.6 Å². The number of hydrogen-bond acceptors (Lipinski definition) is 4. The second-order valence-electron chi connectivity index (χ2n) is 4.65. The average Bonchev–Trinajstić information content (AvgIpc) is 2.48. The minimum atomic E-state index is 0.0331. The summed E-state index contributed by atoms with van der Waals surface area (Å²) in [5.41, 5.74) is 6.63. The smallest absolute Gasteiger partial charge is 0.233 e. The van der Waals surface area contributed by atoms with E-state index in [9.17, 15) is 4.79 Å². The van der Waals surface area contributed by atoms with Gasteiger partial charge in [0.05, 0.1) is 6.54 Å². The lowest BCUT2D eigenvalue weighted by Crippen LogP contribution is -2.38. The molecule has 5 heteroatoms. The van der Waals surface area contributed by atoms with Crippen molar-refractivity contribution in [2.24, 2.45) is 5.73 Å². The maximum absolute atomic E-state index is 11.4. The summed E-state index contributed by atoms with van der Waals surface area (Å²) in [6.45, 7) is 5.25. The molecule has 5 nitrogen and oxygen atoms in total. The Morgan fingerprint density at radius 1 is 1.30 bits per heavy atom.